The standard InChI is InChI=1S/C20H26N2O6S/c1-4-27-16-8-6-15(7-9-16)21-18(23)17-14(3)19(24)28-20(17)10-12-22(13-11-20)29(25,26)5-2/h6-9H,4-5,10-13H2,1-3H3,(H,21,23). The molecule has 0 saturated carbocycles. The van der Waals surface area contributed by atoms with Gasteiger partial charge >= 0.3 is 5.97 Å². The molecule has 9 heteroatoms. The van der Waals surface area contributed by atoms with Crippen LogP contribution in [-0.2, 0) is 24.3 Å². The lowest BCUT2D eigenvalue weighted by atomic mass is 9.83. The first-order valence-electron chi connectivity index (χ1n) is 9.69. The fourth-order valence-corrected chi connectivity index (χ4v) is 4.89. The number of nitrogens with zero attached hydrogens (tertiary/aromatic N) is 1. The molecule has 0 radical (unpaired) electrons. The third kappa shape index (κ3) is 4.16. The quantitative estimate of drug-likeness (QED) is 0.705. The highest BCUT2D eigenvalue weighted by atomic mass is 32.2. The second-order valence-corrected chi connectivity index (χ2v) is 9.35. The molecular formula is C20H26N2O6S. The molecule has 2 aliphatic heterocycles. The van der Waals surface area contributed by atoms with Crippen molar-refractivity contribution in [1.29, 1.82) is 0 Å². The van der Waals surface area contributed by atoms with Crippen LogP contribution in [-0.4, -0.2) is 55.6 Å². The first kappa shape index (κ1) is 21.3. The number of hydrogen-bond donors (Lipinski definition) is 1. The summed E-state index contributed by atoms with van der Waals surface area (Å²) in [5.74, 6) is -0.237. The molecule has 1 N–H and O–H groups in total. The van der Waals surface area contributed by atoms with Crippen molar-refractivity contribution in [2.45, 2.75) is 39.2 Å². The molecule has 2 heterocycles. The van der Waals surface area contributed by atoms with Crippen LogP contribution in [0.15, 0.2) is 35.4 Å². The Labute approximate surface area is 170 Å². The molecule has 0 atom stereocenters. The number of nitrogens with one attached hydrogen (secondary N) is 1. The highest BCUT2D eigenvalue weighted by Gasteiger charge is 2.51. The van der Waals surface area contributed by atoms with Crippen LogP contribution in [0, 0.1) is 0 Å². The van der Waals surface area contributed by atoms with Crippen LogP contribution in [0.4, 0.5) is 5.69 Å². The third-order valence-corrected chi connectivity index (χ3v) is 7.24. The monoisotopic (exact) mass is 422 g/mol. The van der Waals surface area contributed by atoms with E-state index in [1.807, 2.05) is 6.92 Å². The lowest BCUT2D eigenvalue weighted by Crippen LogP contribution is -2.49. The molecule has 0 aromatic heterocycles. The van der Waals surface area contributed by atoms with E-state index in [1.165, 1.54) is 4.31 Å². The van der Waals surface area contributed by atoms with Crippen LogP contribution < -0.4 is 10.1 Å². The van der Waals surface area contributed by atoms with Crippen molar-refractivity contribution in [3.8, 4) is 5.75 Å². The summed E-state index contributed by atoms with van der Waals surface area (Å²) in [4.78, 5) is 25.3. The lowest BCUT2D eigenvalue weighted by Gasteiger charge is -2.38. The van der Waals surface area contributed by atoms with Crippen molar-refractivity contribution in [1.82, 2.24) is 4.31 Å². The van der Waals surface area contributed by atoms with E-state index in [2.05, 4.69) is 5.32 Å². The van der Waals surface area contributed by atoms with Gasteiger partial charge < -0.3 is 14.8 Å². The lowest BCUT2D eigenvalue weighted by molar-refractivity contribution is -0.149. The molecule has 1 spiro atoms. The van der Waals surface area contributed by atoms with Crippen molar-refractivity contribution in [2.75, 3.05) is 30.8 Å². The maximum Gasteiger partial charge on any atom is 0.335 e. The predicted molar refractivity (Wildman–Crippen MR) is 108 cm³/mol. The third-order valence-electron chi connectivity index (χ3n) is 5.36. The van der Waals surface area contributed by atoms with Crippen LogP contribution in [0.5, 0.6) is 5.75 Å². The average molecular weight is 423 g/mol. The van der Waals surface area contributed by atoms with Crippen LogP contribution in [0.25, 0.3) is 0 Å². The van der Waals surface area contributed by atoms with Crippen LogP contribution in [0.2, 0.25) is 0 Å². The zero-order valence-corrected chi connectivity index (χ0v) is 17.7. The Balaban J connectivity index is 1.79. The topological polar surface area (TPSA) is 102 Å². The van der Waals surface area contributed by atoms with Gasteiger partial charge in [-0.05, 0) is 45.0 Å². The Hall–Kier alpha value is -2.39. The number of carbonyl (C=O) groups is 2. The Kier molecular flexibility index (Phi) is 6.00. The number of benzene rings is 1. The van der Waals surface area contributed by atoms with Gasteiger partial charge in [-0.15, -0.1) is 0 Å². The van der Waals surface area contributed by atoms with Crippen LogP contribution in [0.3, 0.4) is 0 Å². The van der Waals surface area contributed by atoms with Gasteiger partial charge in [0.1, 0.15) is 11.4 Å². The molecule has 158 valence electrons. The minimum atomic E-state index is -3.33. The van der Waals surface area contributed by atoms with Gasteiger partial charge in [-0.2, -0.15) is 0 Å². The summed E-state index contributed by atoms with van der Waals surface area (Å²) in [7, 11) is -3.33. The second kappa shape index (κ2) is 8.16. The van der Waals surface area contributed by atoms with Gasteiger partial charge in [0.05, 0.1) is 17.9 Å². The number of hydrogen-bond acceptors (Lipinski definition) is 6. The van der Waals surface area contributed by atoms with Crippen molar-refractivity contribution in [3.05, 3.63) is 35.4 Å². The summed E-state index contributed by atoms with van der Waals surface area (Å²) in [6.45, 7) is 6.00. The number of anilines is 1. The Morgan fingerprint density at radius 2 is 1.83 bits per heavy atom. The number of rotatable bonds is 6. The maximum absolute atomic E-state index is 13.0. The Morgan fingerprint density at radius 3 is 2.38 bits per heavy atom. The SMILES string of the molecule is CCOc1ccc(NC(=O)C2=C(C)C(=O)OC23CCN(S(=O)(=O)CC)CC3)cc1. The molecular weight excluding hydrogens is 396 g/mol. The second-order valence-electron chi connectivity index (χ2n) is 7.09. The van der Waals surface area contributed by atoms with E-state index < -0.39 is 27.5 Å². The molecule has 1 fully saturated rings. The first-order chi connectivity index (χ1) is 13.7. The summed E-state index contributed by atoms with van der Waals surface area (Å²) >= 11 is 0. The van der Waals surface area contributed by atoms with E-state index in [-0.39, 0.29) is 42.8 Å². The van der Waals surface area contributed by atoms with Gasteiger partial charge in [-0.25, -0.2) is 17.5 Å². The van der Waals surface area contributed by atoms with E-state index in [1.54, 1.807) is 38.1 Å². The largest absolute Gasteiger partial charge is 0.494 e. The van der Waals surface area contributed by atoms with Gasteiger partial charge in [0.15, 0.2) is 0 Å². The number of esters is 1. The van der Waals surface area contributed by atoms with E-state index >= 15 is 0 Å². The summed E-state index contributed by atoms with van der Waals surface area (Å²) < 4.78 is 36.7. The van der Waals surface area contributed by atoms with Gasteiger partial charge in [0.2, 0.25) is 10.0 Å². The fraction of sp³-hybridized carbons (Fsp3) is 0.500. The zero-order chi connectivity index (χ0) is 21.2. The molecule has 2 aliphatic rings. The number of piperidine rings is 1. The molecule has 8 nitrogen and oxygen atoms in total. The highest BCUT2D eigenvalue weighted by Crippen LogP contribution is 2.42. The minimum absolute atomic E-state index is 0.0136. The van der Waals surface area contributed by atoms with Crippen molar-refractivity contribution in [3.63, 3.8) is 0 Å². The Morgan fingerprint density at radius 1 is 1.21 bits per heavy atom. The molecule has 3 rings (SSSR count). The number of sulfonamides is 1. The molecule has 1 aromatic rings. The average Bonchev–Trinajstić information content (AvgIpc) is 2.93. The zero-order valence-electron chi connectivity index (χ0n) is 16.9. The predicted octanol–water partition coefficient (Wildman–Crippen LogP) is 2.08. The van der Waals surface area contributed by atoms with E-state index in [0.717, 1.165) is 0 Å². The summed E-state index contributed by atoms with van der Waals surface area (Å²) in [5.41, 5.74) is 0.0282. The smallest absolute Gasteiger partial charge is 0.335 e. The van der Waals surface area contributed by atoms with Gasteiger partial charge in [0.25, 0.3) is 5.91 Å². The number of amides is 1. The van der Waals surface area contributed by atoms with Gasteiger partial charge in [0, 0.05) is 37.2 Å². The Bertz CT molecular complexity index is 928. The molecule has 29 heavy (non-hydrogen) atoms. The van der Waals surface area contributed by atoms with E-state index in [9.17, 15) is 18.0 Å². The normalized spacial score (nSPS) is 19.3. The van der Waals surface area contributed by atoms with Crippen LogP contribution >= 0.6 is 0 Å². The van der Waals surface area contributed by atoms with Gasteiger partial charge in [-0.3, -0.25) is 4.79 Å². The fourth-order valence-electron chi connectivity index (χ4n) is 3.78. The van der Waals surface area contributed by atoms with Crippen molar-refractivity contribution in [2.24, 2.45) is 0 Å². The molecule has 0 aliphatic carbocycles. The molecule has 1 amide bonds. The van der Waals surface area contributed by atoms with Crippen molar-refractivity contribution < 1.29 is 27.5 Å². The van der Waals surface area contributed by atoms with E-state index in [4.69, 9.17) is 9.47 Å². The molecule has 0 unspecified atom stereocenters. The number of carbonyl (C=O) groups excluding carboxylic acids is 2. The first-order valence-corrected chi connectivity index (χ1v) is 11.3. The highest BCUT2D eigenvalue weighted by molar-refractivity contribution is 7.89. The number of ether oxygens (including phenoxy) is 2. The molecule has 1 saturated heterocycles. The summed E-state index contributed by atoms with van der Waals surface area (Å²) in [5, 5.41) is 2.81. The molecule has 1 aromatic carbocycles. The summed E-state index contributed by atoms with van der Waals surface area (Å²) in [6.07, 6.45) is 0.503. The van der Waals surface area contributed by atoms with Crippen molar-refractivity contribution >= 4 is 27.6 Å². The minimum Gasteiger partial charge on any atom is -0.494 e. The van der Waals surface area contributed by atoms with Crippen LogP contribution in [0.1, 0.15) is 33.6 Å². The van der Waals surface area contributed by atoms with E-state index in [0.29, 0.717) is 18.0 Å². The summed E-state index contributed by atoms with van der Waals surface area (Å²) in [6, 6.07) is 6.94. The van der Waals surface area contributed by atoms with Gasteiger partial charge in [-0.1, -0.05) is 0 Å². The molecule has 0 bridgehead atoms. The maximum atomic E-state index is 13.0.